The molecule has 0 unspecified atom stereocenters. The van der Waals surface area contributed by atoms with Gasteiger partial charge in [0.15, 0.2) is 0 Å². The zero-order chi connectivity index (χ0) is 15.3. The molecule has 21 heavy (non-hydrogen) atoms. The second-order valence-corrected chi connectivity index (χ2v) is 6.38. The average molecular weight is 291 g/mol. The molecule has 0 saturated carbocycles. The van der Waals surface area contributed by atoms with Crippen molar-refractivity contribution >= 4 is 5.69 Å². The van der Waals surface area contributed by atoms with Crippen molar-refractivity contribution in [2.75, 3.05) is 51.3 Å². The van der Waals surface area contributed by atoms with Crippen LogP contribution in [0.1, 0.15) is 20.8 Å². The number of hydrogen-bond donors (Lipinski definition) is 1. The van der Waals surface area contributed by atoms with Crippen molar-refractivity contribution < 1.29 is 4.74 Å². The van der Waals surface area contributed by atoms with Crippen LogP contribution in [-0.2, 0) is 0 Å². The highest BCUT2D eigenvalue weighted by Gasteiger charge is 2.24. The van der Waals surface area contributed by atoms with Gasteiger partial charge < -0.3 is 15.0 Å². The molecule has 0 atom stereocenters. The third kappa shape index (κ3) is 4.61. The number of likely N-dealkylation sites (N-methyl/N-ethyl adjacent to an activating group) is 1. The van der Waals surface area contributed by atoms with Crippen molar-refractivity contribution in [3.63, 3.8) is 0 Å². The molecule has 1 heterocycles. The lowest BCUT2D eigenvalue weighted by Gasteiger charge is -2.40. The Morgan fingerprint density at radius 1 is 1.19 bits per heavy atom. The fraction of sp³-hybridized carbons (Fsp3) is 0.647. The summed E-state index contributed by atoms with van der Waals surface area (Å²) in [7, 11) is 1.72. The van der Waals surface area contributed by atoms with Gasteiger partial charge in [0.05, 0.1) is 7.11 Å². The van der Waals surface area contributed by atoms with Gasteiger partial charge in [-0.25, -0.2) is 0 Å². The largest absolute Gasteiger partial charge is 0.497 e. The van der Waals surface area contributed by atoms with E-state index in [9.17, 15) is 0 Å². The molecule has 0 amide bonds. The van der Waals surface area contributed by atoms with Gasteiger partial charge in [-0.2, -0.15) is 0 Å². The molecule has 1 saturated heterocycles. The van der Waals surface area contributed by atoms with Crippen molar-refractivity contribution in [2.24, 2.45) is 0 Å². The molecule has 1 aromatic carbocycles. The topological polar surface area (TPSA) is 27.7 Å². The van der Waals surface area contributed by atoms with Crippen LogP contribution in [0.3, 0.4) is 0 Å². The minimum atomic E-state index is 0.187. The summed E-state index contributed by atoms with van der Waals surface area (Å²) in [5.74, 6) is 0.934. The van der Waals surface area contributed by atoms with E-state index in [1.54, 1.807) is 7.11 Å². The lowest BCUT2D eigenvalue weighted by molar-refractivity contribution is 0.193. The molecule has 1 N–H and O–H groups in total. The van der Waals surface area contributed by atoms with E-state index in [4.69, 9.17) is 4.74 Å². The number of hydrogen-bond acceptors (Lipinski definition) is 4. The van der Waals surface area contributed by atoms with E-state index in [0.29, 0.717) is 0 Å². The lowest BCUT2D eigenvalue weighted by Crippen LogP contribution is -2.54. The number of piperazine rings is 1. The number of nitrogens with one attached hydrogen (secondary N) is 1. The van der Waals surface area contributed by atoms with Crippen LogP contribution in [-0.4, -0.2) is 56.8 Å². The zero-order valence-corrected chi connectivity index (χ0v) is 13.9. The maximum absolute atomic E-state index is 5.31. The Morgan fingerprint density at radius 3 is 2.52 bits per heavy atom. The predicted molar refractivity (Wildman–Crippen MR) is 89.4 cm³/mol. The van der Waals surface area contributed by atoms with Crippen LogP contribution in [0.4, 0.5) is 5.69 Å². The predicted octanol–water partition coefficient (Wildman–Crippen LogP) is 2.21. The van der Waals surface area contributed by atoms with Crippen LogP contribution in [0, 0.1) is 0 Å². The molecule has 1 fully saturated rings. The van der Waals surface area contributed by atoms with E-state index >= 15 is 0 Å². The molecule has 0 radical (unpaired) electrons. The SMILES string of the molecule is CCNC(C)(C)CN1CCN(c2cccc(OC)c2)CC1. The molecule has 4 nitrogen and oxygen atoms in total. The monoisotopic (exact) mass is 291 g/mol. The quantitative estimate of drug-likeness (QED) is 0.869. The Hall–Kier alpha value is -1.26. The highest BCUT2D eigenvalue weighted by molar-refractivity contribution is 5.51. The minimum absolute atomic E-state index is 0.187. The van der Waals surface area contributed by atoms with E-state index in [1.807, 2.05) is 6.07 Å². The van der Waals surface area contributed by atoms with Gasteiger partial charge in [-0.15, -0.1) is 0 Å². The lowest BCUT2D eigenvalue weighted by atomic mass is 10.0. The standard InChI is InChI=1S/C17H29N3O/c1-5-18-17(2,3)14-19-9-11-20(12-10-19)15-7-6-8-16(13-15)21-4/h6-8,13,18H,5,9-12,14H2,1-4H3. The summed E-state index contributed by atoms with van der Waals surface area (Å²) in [6.07, 6.45) is 0. The van der Waals surface area contributed by atoms with Crippen LogP contribution in [0.2, 0.25) is 0 Å². The maximum Gasteiger partial charge on any atom is 0.120 e. The third-order valence-electron chi connectivity index (χ3n) is 4.06. The molecule has 0 aromatic heterocycles. The molecular weight excluding hydrogens is 262 g/mol. The fourth-order valence-electron chi connectivity index (χ4n) is 3.06. The van der Waals surface area contributed by atoms with Crippen molar-refractivity contribution in [1.82, 2.24) is 10.2 Å². The van der Waals surface area contributed by atoms with E-state index in [0.717, 1.165) is 45.0 Å². The first-order valence-corrected chi connectivity index (χ1v) is 7.90. The summed E-state index contributed by atoms with van der Waals surface area (Å²) in [5.41, 5.74) is 1.45. The first kappa shape index (κ1) is 16.1. The van der Waals surface area contributed by atoms with Crippen LogP contribution in [0.5, 0.6) is 5.75 Å². The number of benzene rings is 1. The first-order chi connectivity index (χ1) is 10.0. The molecular formula is C17H29N3O. The van der Waals surface area contributed by atoms with Crippen molar-refractivity contribution in [1.29, 1.82) is 0 Å². The Bertz CT molecular complexity index is 439. The van der Waals surface area contributed by atoms with Gasteiger partial charge in [0.25, 0.3) is 0 Å². The number of methoxy groups -OCH3 is 1. The Balaban J connectivity index is 1.88. The van der Waals surface area contributed by atoms with Crippen LogP contribution in [0.15, 0.2) is 24.3 Å². The molecule has 2 rings (SSSR count). The van der Waals surface area contributed by atoms with E-state index in [1.165, 1.54) is 5.69 Å². The van der Waals surface area contributed by atoms with Gasteiger partial charge in [0.2, 0.25) is 0 Å². The second kappa shape index (κ2) is 7.14. The molecule has 1 aliphatic rings. The molecule has 0 aliphatic carbocycles. The van der Waals surface area contributed by atoms with E-state index in [2.05, 4.69) is 54.1 Å². The highest BCUT2D eigenvalue weighted by atomic mass is 16.5. The molecule has 1 aromatic rings. The minimum Gasteiger partial charge on any atom is -0.497 e. The summed E-state index contributed by atoms with van der Waals surface area (Å²) in [5, 5.41) is 3.56. The smallest absolute Gasteiger partial charge is 0.120 e. The highest BCUT2D eigenvalue weighted by Crippen LogP contribution is 2.22. The number of nitrogens with zero attached hydrogens (tertiary/aromatic N) is 2. The van der Waals surface area contributed by atoms with Crippen LogP contribution in [0.25, 0.3) is 0 Å². The Kier molecular flexibility index (Phi) is 5.48. The van der Waals surface area contributed by atoms with Gasteiger partial charge in [-0.3, -0.25) is 4.90 Å². The van der Waals surface area contributed by atoms with Crippen molar-refractivity contribution in [2.45, 2.75) is 26.3 Å². The van der Waals surface area contributed by atoms with Gasteiger partial charge in [-0.05, 0) is 32.5 Å². The average Bonchev–Trinajstić information content (AvgIpc) is 2.47. The Morgan fingerprint density at radius 2 is 1.90 bits per heavy atom. The van der Waals surface area contributed by atoms with Crippen LogP contribution >= 0.6 is 0 Å². The molecule has 4 heteroatoms. The third-order valence-corrected chi connectivity index (χ3v) is 4.06. The first-order valence-electron chi connectivity index (χ1n) is 7.90. The van der Waals surface area contributed by atoms with E-state index in [-0.39, 0.29) is 5.54 Å². The molecule has 118 valence electrons. The van der Waals surface area contributed by atoms with E-state index < -0.39 is 0 Å². The molecule has 1 aliphatic heterocycles. The Labute approximate surface area is 129 Å². The van der Waals surface area contributed by atoms with Crippen molar-refractivity contribution in [3.8, 4) is 5.75 Å². The molecule has 0 bridgehead atoms. The second-order valence-electron chi connectivity index (χ2n) is 6.38. The van der Waals surface area contributed by atoms with Crippen LogP contribution < -0.4 is 15.0 Å². The number of rotatable bonds is 6. The van der Waals surface area contributed by atoms with Gasteiger partial charge in [0.1, 0.15) is 5.75 Å². The zero-order valence-electron chi connectivity index (χ0n) is 13.9. The van der Waals surface area contributed by atoms with Gasteiger partial charge in [0, 0.05) is 50.0 Å². The van der Waals surface area contributed by atoms with Gasteiger partial charge in [-0.1, -0.05) is 13.0 Å². The summed E-state index contributed by atoms with van der Waals surface area (Å²) in [6.45, 7) is 13.3. The summed E-state index contributed by atoms with van der Waals surface area (Å²) < 4.78 is 5.31. The summed E-state index contributed by atoms with van der Waals surface area (Å²) in [6, 6.07) is 8.35. The number of ether oxygens (including phenoxy) is 1. The van der Waals surface area contributed by atoms with Crippen molar-refractivity contribution in [3.05, 3.63) is 24.3 Å². The normalized spacial score (nSPS) is 17.0. The maximum atomic E-state index is 5.31. The summed E-state index contributed by atoms with van der Waals surface area (Å²) >= 11 is 0. The number of anilines is 1. The summed E-state index contributed by atoms with van der Waals surface area (Å²) in [4.78, 5) is 5.00. The van der Waals surface area contributed by atoms with Gasteiger partial charge >= 0.3 is 0 Å². The molecule has 0 spiro atoms. The fourth-order valence-corrected chi connectivity index (χ4v) is 3.06.